The molecule has 0 aromatic carbocycles. The van der Waals surface area contributed by atoms with Crippen LogP contribution in [0.1, 0.15) is 0 Å². The van der Waals surface area contributed by atoms with Crippen LogP contribution in [0.4, 0.5) is 5.69 Å². The lowest BCUT2D eigenvalue weighted by Crippen LogP contribution is -2.23. The number of nitrogens with two attached hydrogens (primary N) is 1. The van der Waals surface area contributed by atoms with Gasteiger partial charge in [0, 0.05) is 6.20 Å². The van der Waals surface area contributed by atoms with Crippen LogP contribution in [0.5, 0.6) is 0 Å². The molecule has 0 aliphatic heterocycles. The van der Waals surface area contributed by atoms with Crippen LogP contribution in [0.3, 0.4) is 0 Å². The number of pyridine rings is 1. The van der Waals surface area contributed by atoms with E-state index in [1.54, 1.807) is 4.52 Å². The molecule has 0 aliphatic carbocycles. The molecule has 0 aliphatic rings. The van der Waals surface area contributed by atoms with Crippen molar-refractivity contribution in [3.8, 4) is 5.82 Å². The van der Waals surface area contributed by atoms with Gasteiger partial charge >= 0.3 is 0 Å². The molecule has 3 rings (SSSR count). The SMILES string of the molecule is C[n+]1ccn(-c2nn3ccccc3c2N)c1.[CH3-]. The molecule has 0 saturated heterocycles. The zero-order chi connectivity index (χ0) is 11.1. The highest BCUT2D eigenvalue weighted by atomic mass is 15.3. The number of rotatable bonds is 1. The Balaban J connectivity index is 0.00000108. The number of aromatic nitrogens is 4. The lowest BCUT2D eigenvalue weighted by atomic mass is 10.3. The highest BCUT2D eigenvalue weighted by Crippen LogP contribution is 2.20. The van der Waals surface area contributed by atoms with E-state index < -0.39 is 0 Å². The summed E-state index contributed by atoms with van der Waals surface area (Å²) in [6.07, 6.45) is 7.69. The quantitative estimate of drug-likeness (QED) is 0.499. The Morgan fingerprint density at radius 1 is 1.29 bits per heavy atom. The van der Waals surface area contributed by atoms with Crippen molar-refractivity contribution in [3.63, 3.8) is 0 Å². The lowest BCUT2D eigenvalue weighted by Gasteiger charge is -1.90. The van der Waals surface area contributed by atoms with Crippen LogP contribution in [0.15, 0.2) is 43.1 Å². The van der Waals surface area contributed by atoms with Crippen molar-refractivity contribution in [1.82, 2.24) is 14.2 Å². The third-order valence-electron chi connectivity index (χ3n) is 2.57. The molecule has 5 nitrogen and oxygen atoms in total. The molecule has 0 radical (unpaired) electrons. The molecule has 17 heavy (non-hydrogen) atoms. The van der Waals surface area contributed by atoms with Crippen molar-refractivity contribution in [2.24, 2.45) is 7.05 Å². The van der Waals surface area contributed by atoms with Gasteiger partial charge < -0.3 is 13.2 Å². The minimum absolute atomic E-state index is 0. The van der Waals surface area contributed by atoms with E-state index in [2.05, 4.69) is 5.10 Å². The number of imidazole rings is 1. The van der Waals surface area contributed by atoms with Crippen LogP contribution >= 0.6 is 0 Å². The third kappa shape index (κ3) is 1.65. The summed E-state index contributed by atoms with van der Waals surface area (Å²) < 4.78 is 5.64. The Hall–Kier alpha value is -2.30. The van der Waals surface area contributed by atoms with Gasteiger partial charge in [-0.2, -0.15) is 4.57 Å². The van der Waals surface area contributed by atoms with Gasteiger partial charge in [-0.3, -0.25) is 0 Å². The summed E-state index contributed by atoms with van der Waals surface area (Å²) >= 11 is 0. The highest BCUT2D eigenvalue weighted by molar-refractivity contribution is 5.76. The zero-order valence-electron chi connectivity index (χ0n) is 9.91. The van der Waals surface area contributed by atoms with Crippen LogP contribution in [-0.2, 0) is 7.05 Å². The number of nitrogens with zero attached hydrogens (tertiary/aromatic N) is 4. The van der Waals surface area contributed by atoms with Gasteiger partial charge in [0.25, 0.3) is 5.82 Å². The number of aryl methyl sites for hydroxylation is 1. The molecule has 2 N–H and O–H groups in total. The van der Waals surface area contributed by atoms with E-state index >= 15 is 0 Å². The van der Waals surface area contributed by atoms with E-state index in [1.807, 2.05) is 59.3 Å². The predicted molar refractivity (Wildman–Crippen MR) is 66.5 cm³/mol. The normalized spacial score (nSPS) is 10.4. The van der Waals surface area contributed by atoms with Crippen LogP contribution in [0, 0.1) is 7.43 Å². The summed E-state index contributed by atoms with van der Waals surface area (Å²) in [5.74, 6) is 0.756. The monoisotopic (exact) mass is 229 g/mol. The Kier molecular flexibility index (Phi) is 2.59. The van der Waals surface area contributed by atoms with Gasteiger partial charge in [0.2, 0.25) is 6.33 Å². The maximum absolute atomic E-state index is 6.07. The fourth-order valence-electron chi connectivity index (χ4n) is 1.77. The van der Waals surface area contributed by atoms with E-state index in [9.17, 15) is 0 Å². The fourth-order valence-corrected chi connectivity index (χ4v) is 1.77. The standard InChI is InChI=1S/C11H12N5.CH3/c1-14-6-7-15(8-14)11-10(12)9-4-2-3-5-16(9)13-11;/h2-8H,12H2,1H3;1H3/q+1;-1. The molecular formula is C12H15N5. The number of hydrogen-bond acceptors (Lipinski definition) is 2. The first kappa shape index (κ1) is 11.2. The molecule has 0 fully saturated rings. The first-order valence-electron chi connectivity index (χ1n) is 5.02. The maximum atomic E-state index is 6.07. The average Bonchev–Trinajstić information content (AvgIpc) is 2.84. The number of nitrogen functional groups attached to an aromatic ring is 1. The topological polar surface area (TPSA) is 52.1 Å². The summed E-state index contributed by atoms with van der Waals surface area (Å²) in [5.41, 5.74) is 7.68. The second-order valence-corrected chi connectivity index (χ2v) is 3.75. The molecule has 3 aromatic heterocycles. The van der Waals surface area contributed by atoms with Crippen molar-refractivity contribution in [2.45, 2.75) is 0 Å². The van der Waals surface area contributed by atoms with Gasteiger partial charge in [-0.05, 0) is 12.1 Å². The zero-order valence-corrected chi connectivity index (χ0v) is 9.91. The van der Waals surface area contributed by atoms with E-state index in [-0.39, 0.29) is 7.43 Å². The van der Waals surface area contributed by atoms with Crippen molar-refractivity contribution in [2.75, 3.05) is 5.73 Å². The summed E-state index contributed by atoms with van der Waals surface area (Å²) in [7, 11) is 1.96. The van der Waals surface area contributed by atoms with Gasteiger partial charge in [-0.25, -0.2) is 9.08 Å². The molecule has 3 heterocycles. The van der Waals surface area contributed by atoms with E-state index in [0.29, 0.717) is 5.69 Å². The first-order valence-corrected chi connectivity index (χ1v) is 5.02. The number of fused-ring (bicyclic) bond motifs is 1. The molecule has 5 heteroatoms. The van der Waals surface area contributed by atoms with Gasteiger partial charge in [0.15, 0.2) is 0 Å². The van der Waals surface area contributed by atoms with Crippen LogP contribution < -0.4 is 10.3 Å². The Bertz CT molecular complexity index is 650. The Labute approximate surface area is 99.7 Å². The Morgan fingerprint density at radius 3 is 2.76 bits per heavy atom. The molecule has 0 bridgehead atoms. The molecule has 0 amide bonds. The summed E-state index contributed by atoms with van der Waals surface area (Å²) in [6, 6.07) is 5.83. The van der Waals surface area contributed by atoms with Crippen molar-refractivity contribution < 1.29 is 4.57 Å². The maximum Gasteiger partial charge on any atom is 0.268 e. The van der Waals surface area contributed by atoms with Crippen molar-refractivity contribution >= 4 is 11.2 Å². The molecule has 3 aromatic rings. The highest BCUT2D eigenvalue weighted by Gasteiger charge is 2.15. The van der Waals surface area contributed by atoms with E-state index in [0.717, 1.165) is 11.3 Å². The minimum atomic E-state index is 0. The van der Waals surface area contributed by atoms with Crippen LogP contribution in [0.2, 0.25) is 0 Å². The molecule has 0 atom stereocenters. The molecule has 88 valence electrons. The molecule has 0 saturated carbocycles. The minimum Gasteiger partial charge on any atom is -0.392 e. The summed E-state index contributed by atoms with van der Waals surface area (Å²) in [4.78, 5) is 0. The third-order valence-corrected chi connectivity index (χ3v) is 2.57. The lowest BCUT2D eigenvalue weighted by molar-refractivity contribution is -0.670. The molecular weight excluding hydrogens is 214 g/mol. The number of anilines is 1. The van der Waals surface area contributed by atoms with Gasteiger partial charge in [0.1, 0.15) is 18.1 Å². The molecule has 0 spiro atoms. The Morgan fingerprint density at radius 2 is 2.12 bits per heavy atom. The fraction of sp³-hybridized carbons (Fsp3) is 0.0833. The first-order chi connectivity index (χ1) is 7.75. The number of hydrogen-bond donors (Lipinski definition) is 1. The smallest absolute Gasteiger partial charge is 0.268 e. The predicted octanol–water partition coefficient (Wildman–Crippen LogP) is 0.982. The van der Waals surface area contributed by atoms with Crippen molar-refractivity contribution in [1.29, 1.82) is 0 Å². The second-order valence-electron chi connectivity index (χ2n) is 3.75. The van der Waals surface area contributed by atoms with Crippen molar-refractivity contribution in [3.05, 3.63) is 50.5 Å². The largest absolute Gasteiger partial charge is 0.392 e. The average molecular weight is 229 g/mol. The van der Waals surface area contributed by atoms with Gasteiger partial charge in [-0.1, -0.05) is 6.07 Å². The van der Waals surface area contributed by atoms with Gasteiger partial charge in [0.05, 0.1) is 12.6 Å². The molecule has 0 unspecified atom stereocenters. The van der Waals surface area contributed by atoms with E-state index in [1.165, 1.54) is 0 Å². The van der Waals surface area contributed by atoms with Crippen LogP contribution in [-0.4, -0.2) is 14.2 Å². The summed E-state index contributed by atoms with van der Waals surface area (Å²) in [5, 5.41) is 4.44. The van der Waals surface area contributed by atoms with E-state index in [4.69, 9.17) is 5.73 Å². The van der Waals surface area contributed by atoms with Crippen LogP contribution in [0.25, 0.3) is 11.3 Å². The summed E-state index contributed by atoms with van der Waals surface area (Å²) in [6.45, 7) is 0. The van der Waals surface area contributed by atoms with Gasteiger partial charge in [-0.15, -0.1) is 5.10 Å². The second kappa shape index (κ2) is 3.93.